The second-order valence-corrected chi connectivity index (χ2v) is 8.37. The van der Waals surface area contributed by atoms with Gasteiger partial charge in [-0.1, -0.05) is 19.3 Å². The topological polar surface area (TPSA) is 84.2 Å². The molecule has 0 aromatic rings. The lowest BCUT2D eigenvalue weighted by molar-refractivity contribution is -0.126. The van der Waals surface area contributed by atoms with Gasteiger partial charge in [0.2, 0.25) is 11.8 Å². The second-order valence-electron chi connectivity index (χ2n) is 8.37. The Bertz CT molecular complexity index is 448. The monoisotopic (exact) mass is 335 g/mol. The minimum Gasteiger partial charge on any atom is -0.353 e. The van der Waals surface area contributed by atoms with Crippen molar-refractivity contribution in [3.05, 3.63) is 0 Å². The summed E-state index contributed by atoms with van der Waals surface area (Å²) in [6, 6.07) is 0.505. The number of carbonyl (C=O) groups excluding carboxylic acids is 2. The van der Waals surface area contributed by atoms with Gasteiger partial charge in [-0.25, -0.2) is 0 Å². The number of fused-ring (bicyclic) bond motifs is 2. The van der Waals surface area contributed by atoms with E-state index in [9.17, 15) is 9.59 Å². The molecule has 2 bridgehead atoms. The van der Waals surface area contributed by atoms with Gasteiger partial charge in [0.05, 0.1) is 0 Å². The molecule has 0 spiro atoms. The van der Waals surface area contributed by atoms with Crippen molar-refractivity contribution < 1.29 is 9.59 Å². The lowest BCUT2D eigenvalue weighted by Crippen LogP contribution is -2.54. The summed E-state index contributed by atoms with van der Waals surface area (Å²) in [5.74, 6) is 1.45. The first-order chi connectivity index (χ1) is 11.5. The molecule has 0 radical (unpaired) electrons. The summed E-state index contributed by atoms with van der Waals surface area (Å²) >= 11 is 0. The molecule has 5 nitrogen and oxygen atoms in total. The van der Waals surface area contributed by atoms with Crippen molar-refractivity contribution in [1.82, 2.24) is 10.6 Å². The van der Waals surface area contributed by atoms with Crippen LogP contribution in [0.1, 0.15) is 71.1 Å². The minimum atomic E-state index is -0.0937. The van der Waals surface area contributed by atoms with Crippen LogP contribution in [0.4, 0.5) is 0 Å². The molecule has 24 heavy (non-hydrogen) atoms. The summed E-state index contributed by atoms with van der Waals surface area (Å²) in [5.41, 5.74) is 6.15. The number of amides is 2. The van der Waals surface area contributed by atoms with Crippen LogP contribution in [0.5, 0.6) is 0 Å². The molecule has 4 N–H and O–H groups in total. The van der Waals surface area contributed by atoms with Crippen molar-refractivity contribution in [3.8, 4) is 0 Å². The molecule has 3 fully saturated rings. The Morgan fingerprint density at radius 3 is 2.29 bits per heavy atom. The molecule has 3 rings (SSSR count). The van der Waals surface area contributed by atoms with E-state index in [1.54, 1.807) is 0 Å². The van der Waals surface area contributed by atoms with E-state index in [2.05, 4.69) is 10.6 Å². The highest BCUT2D eigenvalue weighted by Crippen LogP contribution is 2.39. The van der Waals surface area contributed by atoms with E-state index < -0.39 is 0 Å². The van der Waals surface area contributed by atoms with Gasteiger partial charge in [-0.3, -0.25) is 9.59 Å². The van der Waals surface area contributed by atoms with Crippen molar-refractivity contribution in [2.45, 2.75) is 89.3 Å². The lowest BCUT2D eigenvalue weighted by atomic mass is 9.67. The van der Waals surface area contributed by atoms with E-state index in [0.717, 1.165) is 38.5 Å². The Labute approximate surface area is 145 Å². The predicted octanol–water partition coefficient (Wildman–Crippen LogP) is 2.09. The average Bonchev–Trinajstić information content (AvgIpc) is 3.02. The van der Waals surface area contributed by atoms with Crippen molar-refractivity contribution in [2.24, 2.45) is 23.5 Å². The molecule has 0 saturated heterocycles. The van der Waals surface area contributed by atoms with Gasteiger partial charge in [-0.2, -0.15) is 0 Å². The van der Waals surface area contributed by atoms with Gasteiger partial charge in [0.25, 0.3) is 0 Å². The van der Waals surface area contributed by atoms with Crippen LogP contribution in [0.3, 0.4) is 0 Å². The Kier molecular flexibility index (Phi) is 5.80. The first-order valence-corrected chi connectivity index (χ1v) is 9.88. The number of nitrogens with one attached hydrogen (secondary N) is 2. The molecular formula is C19H33N3O2. The van der Waals surface area contributed by atoms with Crippen molar-refractivity contribution in [1.29, 1.82) is 0 Å². The smallest absolute Gasteiger partial charge is 0.223 e. The maximum Gasteiger partial charge on any atom is 0.223 e. The van der Waals surface area contributed by atoms with Crippen LogP contribution in [-0.2, 0) is 9.59 Å². The van der Waals surface area contributed by atoms with Gasteiger partial charge in [0.1, 0.15) is 0 Å². The molecule has 0 aliphatic heterocycles. The molecule has 3 aliphatic rings. The van der Waals surface area contributed by atoms with Crippen LogP contribution in [0.25, 0.3) is 0 Å². The third-order valence-corrected chi connectivity index (χ3v) is 6.31. The van der Waals surface area contributed by atoms with E-state index in [1.807, 2.05) is 6.92 Å². The summed E-state index contributed by atoms with van der Waals surface area (Å²) in [7, 11) is 0. The minimum absolute atomic E-state index is 0.0755. The lowest BCUT2D eigenvalue weighted by Gasteiger charge is -2.45. The average molecular weight is 335 g/mol. The Morgan fingerprint density at radius 2 is 1.67 bits per heavy atom. The van der Waals surface area contributed by atoms with E-state index >= 15 is 0 Å². The molecule has 3 atom stereocenters. The first kappa shape index (κ1) is 17.7. The maximum absolute atomic E-state index is 12.4. The highest BCUT2D eigenvalue weighted by Gasteiger charge is 2.39. The fourth-order valence-corrected chi connectivity index (χ4v) is 5.15. The summed E-state index contributed by atoms with van der Waals surface area (Å²) in [5, 5.41) is 6.30. The van der Waals surface area contributed by atoms with E-state index in [1.165, 1.54) is 19.3 Å². The summed E-state index contributed by atoms with van der Waals surface area (Å²) in [6.07, 6.45) is 10.4. The largest absolute Gasteiger partial charge is 0.353 e. The molecule has 3 unspecified atom stereocenters. The van der Waals surface area contributed by atoms with Crippen LogP contribution in [0.2, 0.25) is 0 Å². The van der Waals surface area contributed by atoms with Gasteiger partial charge < -0.3 is 16.4 Å². The predicted molar refractivity (Wildman–Crippen MR) is 94.2 cm³/mol. The third-order valence-electron chi connectivity index (χ3n) is 6.31. The quantitative estimate of drug-likeness (QED) is 0.719. The van der Waals surface area contributed by atoms with Crippen LogP contribution in [0.15, 0.2) is 0 Å². The Hall–Kier alpha value is -1.10. The Morgan fingerprint density at radius 1 is 1.04 bits per heavy atom. The van der Waals surface area contributed by atoms with E-state index in [0.29, 0.717) is 30.3 Å². The third kappa shape index (κ3) is 4.29. The van der Waals surface area contributed by atoms with E-state index in [-0.39, 0.29) is 23.8 Å². The fraction of sp³-hybridized carbons (Fsp3) is 0.895. The second kappa shape index (κ2) is 7.85. The molecule has 0 heterocycles. The molecule has 3 saturated carbocycles. The molecular weight excluding hydrogens is 302 g/mol. The van der Waals surface area contributed by atoms with Crippen molar-refractivity contribution in [3.63, 3.8) is 0 Å². The molecule has 0 aromatic carbocycles. The summed E-state index contributed by atoms with van der Waals surface area (Å²) in [4.78, 5) is 24.6. The van der Waals surface area contributed by atoms with Gasteiger partial charge in [0, 0.05) is 30.5 Å². The zero-order valence-corrected chi connectivity index (χ0v) is 14.9. The first-order valence-electron chi connectivity index (χ1n) is 9.88. The van der Waals surface area contributed by atoms with Gasteiger partial charge >= 0.3 is 0 Å². The zero-order chi connectivity index (χ0) is 17.1. The number of hydrogen-bond donors (Lipinski definition) is 3. The molecule has 3 aliphatic carbocycles. The zero-order valence-electron chi connectivity index (χ0n) is 14.9. The highest BCUT2D eigenvalue weighted by molar-refractivity contribution is 5.81. The van der Waals surface area contributed by atoms with E-state index in [4.69, 9.17) is 5.73 Å². The Balaban J connectivity index is 1.45. The normalized spacial score (nSPS) is 34.6. The van der Waals surface area contributed by atoms with Gasteiger partial charge in [0.15, 0.2) is 0 Å². The summed E-state index contributed by atoms with van der Waals surface area (Å²) < 4.78 is 0. The van der Waals surface area contributed by atoms with Crippen LogP contribution < -0.4 is 16.4 Å². The van der Waals surface area contributed by atoms with Crippen molar-refractivity contribution >= 4 is 11.8 Å². The highest BCUT2D eigenvalue weighted by atomic mass is 16.2. The standard InChI is InChI=1S/C19H33N3O2/c1-12(21-19(24)13-5-2-3-6-13)9-17(23)22-18-14-7-4-8-15(18)11-16(20)10-14/h12-16,18H,2-11,20H2,1H3,(H,21,24)(H,22,23). The number of carbonyl (C=O) groups is 2. The molecule has 2 amide bonds. The van der Waals surface area contributed by atoms with Crippen LogP contribution in [0, 0.1) is 17.8 Å². The number of rotatable bonds is 5. The van der Waals surface area contributed by atoms with Crippen LogP contribution in [-0.4, -0.2) is 29.9 Å². The SMILES string of the molecule is CC(CC(=O)NC1C2CCCC1CC(N)C2)NC(=O)C1CCCC1. The summed E-state index contributed by atoms with van der Waals surface area (Å²) in [6.45, 7) is 1.93. The molecule has 0 aromatic heterocycles. The van der Waals surface area contributed by atoms with Gasteiger partial charge in [-0.15, -0.1) is 0 Å². The number of hydrogen-bond acceptors (Lipinski definition) is 3. The molecule has 5 heteroatoms. The molecule has 136 valence electrons. The van der Waals surface area contributed by atoms with Crippen LogP contribution >= 0.6 is 0 Å². The van der Waals surface area contributed by atoms with Gasteiger partial charge in [-0.05, 0) is 57.3 Å². The fourth-order valence-electron chi connectivity index (χ4n) is 5.15. The number of nitrogens with two attached hydrogens (primary N) is 1. The maximum atomic E-state index is 12.4. The van der Waals surface area contributed by atoms with Crippen molar-refractivity contribution in [2.75, 3.05) is 0 Å².